The second-order valence-electron chi connectivity index (χ2n) is 4.00. The summed E-state index contributed by atoms with van der Waals surface area (Å²) < 4.78 is 50.6. The number of benzene rings is 2. The van der Waals surface area contributed by atoms with Gasteiger partial charge in [-0.2, -0.15) is 0 Å². The third-order valence-corrected chi connectivity index (χ3v) is 3.87. The van der Waals surface area contributed by atoms with Crippen molar-refractivity contribution in [3.8, 4) is 0 Å². The molecule has 0 aliphatic rings. The second kappa shape index (κ2) is 6.00. The number of hydrogen-bond acceptors (Lipinski definition) is 2. The molecule has 0 aliphatic carbocycles. The van der Waals surface area contributed by atoms with Gasteiger partial charge in [-0.05, 0) is 36.4 Å². The quantitative estimate of drug-likeness (QED) is 0.813. The van der Waals surface area contributed by atoms with Crippen LogP contribution in [0, 0.1) is 17.5 Å². The van der Waals surface area contributed by atoms with Gasteiger partial charge >= 0.3 is 0 Å². The van der Waals surface area contributed by atoms with Gasteiger partial charge in [0.25, 0.3) is 0 Å². The molecule has 0 amide bonds. The molecule has 0 saturated heterocycles. The van der Waals surface area contributed by atoms with Gasteiger partial charge in [0.2, 0.25) is 0 Å². The molecular formula is C14H9F3O2S. The van der Waals surface area contributed by atoms with E-state index in [0.29, 0.717) is 0 Å². The molecule has 2 aromatic rings. The number of rotatable bonds is 4. The Labute approximate surface area is 115 Å². The first kappa shape index (κ1) is 14.5. The average Bonchev–Trinajstić information content (AvgIpc) is 2.41. The molecule has 0 spiro atoms. The molecule has 0 aromatic heterocycles. The Morgan fingerprint density at radius 2 is 1.75 bits per heavy atom. The van der Waals surface area contributed by atoms with Crippen molar-refractivity contribution in [1.82, 2.24) is 0 Å². The molecule has 2 nitrogen and oxygen atoms in total. The first-order valence-corrected chi connectivity index (χ1v) is 6.91. The van der Waals surface area contributed by atoms with Crippen LogP contribution >= 0.6 is 0 Å². The SMILES string of the molecule is O=C(CS(=O)c1cccc(F)c1)c1ccc(F)c(F)c1. The third-order valence-electron chi connectivity index (χ3n) is 2.56. The molecule has 0 radical (unpaired) electrons. The molecule has 0 bridgehead atoms. The fraction of sp³-hybridized carbons (Fsp3) is 0.0714. The van der Waals surface area contributed by atoms with Crippen molar-refractivity contribution in [2.75, 3.05) is 5.75 Å². The maximum Gasteiger partial charge on any atom is 0.175 e. The van der Waals surface area contributed by atoms with Gasteiger partial charge < -0.3 is 0 Å². The van der Waals surface area contributed by atoms with Crippen LogP contribution in [-0.2, 0) is 10.8 Å². The van der Waals surface area contributed by atoms with Gasteiger partial charge in [-0.25, -0.2) is 13.2 Å². The zero-order chi connectivity index (χ0) is 14.7. The molecule has 2 rings (SSSR count). The van der Waals surface area contributed by atoms with Gasteiger partial charge in [0, 0.05) is 10.5 Å². The minimum atomic E-state index is -1.74. The standard InChI is InChI=1S/C14H9F3O2S/c15-10-2-1-3-11(7-10)20(19)8-14(18)9-4-5-12(16)13(17)6-9/h1-7H,8H2. The van der Waals surface area contributed by atoms with E-state index in [1.807, 2.05) is 0 Å². The van der Waals surface area contributed by atoms with Crippen molar-refractivity contribution in [3.63, 3.8) is 0 Å². The van der Waals surface area contributed by atoms with Crippen molar-refractivity contribution in [2.24, 2.45) is 0 Å². The summed E-state index contributed by atoms with van der Waals surface area (Å²) in [6.45, 7) is 0. The summed E-state index contributed by atoms with van der Waals surface area (Å²) in [5.41, 5.74) is -0.0753. The van der Waals surface area contributed by atoms with Crippen LogP contribution in [0.3, 0.4) is 0 Å². The van der Waals surface area contributed by atoms with E-state index in [0.717, 1.165) is 24.3 Å². The zero-order valence-electron chi connectivity index (χ0n) is 10.1. The van der Waals surface area contributed by atoms with E-state index in [2.05, 4.69) is 0 Å². The van der Waals surface area contributed by atoms with Crippen LogP contribution in [0.1, 0.15) is 10.4 Å². The Kier molecular flexibility index (Phi) is 4.34. The fourth-order valence-electron chi connectivity index (χ4n) is 1.56. The van der Waals surface area contributed by atoms with Crippen LogP contribution in [0.4, 0.5) is 13.2 Å². The molecule has 0 N–H and O–H groups in total. The van der Waals surface area contributed by atoms with Crippen LogP contribution < -0.4 is 0 Å². The van der Waals surface area contributed by atoms with Crippen molar-refractivity contribution >= 4 is 16.6 Å². The molecule has 0 heterocycles. The molecule has 1 atom stereocenters. The van der Waals surface area contributed by atoms with Crippen molar-refractivity contribution in [3.05, 3.63) is 65.5 Å². The lowest BCUT2D eigenvalue weighted by Crippen LogP contribution is -2.11. The predicted octanol–water partition coefficient (Wildman–Crippen LogP) is 3.09. The second-order valence-corrected chi connectivity index (χ2v) is 5.45. The van der Waals surface area contributed by atoms with E-state index in [1.54, 1.807) is 0 Å². The monoisotopic (exact) mass is 298 g/mol. The summed E-state index contributed by atoms with van der Waals surface area (Å²) in [6.07, 6.45) is 0. The molecule has 0 fully saturated rings. The predicted molar refractivity (Wildman–Crippen MR) is 68.4 cm³/mol. The first-order valence-electron chi connectivity index (χ1n) is 5.59. The third kappa shape index (κ3) is 3.33. The van der Waals surface area contributed by atoms with E-state index in [4.69, 9.17) is 0 Å². The number of ketones is 1. The Morgan fingerprint density at radius 1 is 1.00 bits per heavy atom. The summed E-state index contributed by atoms with van der Waals surface area (Å²) in [6, 6.07) is 7.76. The molecule has 1 unspecified atom stereocenters. The van der Waals surface area contributed by atoms with Crippen LogP contribution in [0.5, 0.6) is 0 Å². The molecule has 0 aliphatic heterocycles. The normalized spacial score (nSPS) is 12.2. The summed E-state index contributed by atoms with van der Waals surface area (Å²) in [4.78, 5) is 12.0. The van der Waals surface area contributed by atoms with Gasteiger partial charge in [-0.15, -0.1) is 0 Å². The number of Topliss-reactive ketones (excluding diaryl/α,β-unsaturated/α-hetero) is 1. The van der Waals surface area contributed by atoms with Crippen molar-refractivity contribution < 1.29 is 22.2 Å². The highest BCUT2D eigenvalue weighted by molar-refractivity contribution is 7.85. The lowest BCUT2D eigenvalue weighted by Gasteiger charge is -2.03. The Morgan fingerprint density at radius 3 is 2.40 bits per heavy atom. The Balaban J connectivity index is 2.15. The van der Waals surface area contributed by atoms with Crippen molar-refractivity contribution in [2.45, 2.75) is 4.90 Å². The minimum absolute atomic E-state index is 0.0753. The minimum Gasteiger partial charge on any atom is -0.293 e. The van der Waals surface area contributed by atoms with Gasteiger partial charge in [-0.1, -0.05) is 6.07 Å². The molecule has 6 heteroatoms. The highest BCUT2D eigenvalue weighted by Gasteiger charge is 2.14. The zero-order valence-corrected chi connectivity index (χ0v) is 10.9. The maximum absolute atomic E-state index is 13.0. The van der Waals surface area contributed by atoms with Crippen LogP contribution in [0.15, 0.2) is 47.4 Å². The molecule has 0 saturated carbocycles. The highest BCUT2D eigenvalue weighted by Crippen LogP contribution is 2.13. The summed E-state index contributed by atoms with van der Waals surface area (Å²) >= 11 is 0. The largest absolute Gasteiger partial charge is 0.293 e. The van der Waals surface area contributed by atoms with E-state index >= 15 is 0 Å². The number of carbonyl (C=O) groups excluding carboxylic acids is 1. The summed E-state index contributed by atoms with van der Waals surface area (Å²) in [5.74, 6) is -3.79. The Bertz CT molecular complexity index is 686. The lowest BCUT2D eigenvalue weighted by atomic mass is 10.1. The average molecular weight is 298 g/mol. The van der Waals surface area contributed by atoms with Gasteiger partial charge in [0.15, 0.2) is 17.4 Å². The lowest BCUT2D eigenvalue weighted by molar-refractivity contribution is 0.102. The van der Waals surface area contributed by atoms with Gasteiger partial charge in [0.1, 0.15) is 5.82 Å². The van der Waals surface area contributed by atoms with Crippen LogP contribution in [-0.4, -0.2) is 15.7 Å². The topological polar surface area (TPSA) is 34.1 Å². The number of halogens is 3. The van der Waals surface area contributed by atoms with E-state index in [9.17, 15) is 22.2 Å². The van der Waals surface area contributed by atoms with E-state index < -0.39 is 39.8 Å². The van der Waals surface area contributed by atoms with Gasteiger partial charge in [-0.3, -0.25) is 9.00 Å². The number of hydrogen-bond donors (Lipinski definition) is 0. The molecule has 20 heavy (non-hydrogen) atoms. The maximum atomic E-state index is 13.0. The van der Waals surface area contributed by atoms with E-state index in [-0.39, 0.29) is 10.5 Å². The number of carbonyl (C=O) groups is 1. The van der Waals surface area contributed by atoms with Crippen LogP contribution in [0.25, 0.3) is 0 Å². The highest BCUT2D eigenvalue weighted by atomic mass is 32.2. The summed E-state index contributed by atoms with van der Waals surface area (Å²) in [7, 11) is -1.74. The molecule has 2 aromatic carbocycles. The van der Waals surface area contributed by atoms with E-state index in [1.165, 1.54) is 18.2 Å². The fourth-order valence-corrected chi connectivity index (χ4v) is 2.61. The molecule has 104 valence electrons. The van der Waals surface area contributed by atoms with Crippen LogP contribution in [0.2, 0.25) is 0 Å². The van der Waals surface area contributed by atoms with Gasteiger partial charge in [0.05, 0.1) is 16.6 Å². The summed E-state index contributed by atoms with van der Waals surface area (Å²) in [5, 5.41) is 0. The smallest absolute Gasteiger partial charge is 0.175 e. The Hall–Kier alpha value is -1.95. The van der Waals surface area contributed by atoms with Crippen molar-refractivity contribution in [1.29, 1.82) is 0 Å². The molecular weight excluding hydrogens is 289 g/mol. The first-order chi connectivity index (χ1) is 9.47.